The standard InChI is InChI=1S/C14H10BrClFNO/c15-10-4-5-13(12(16)8-10)18-14(19)7-9-2-1-3-11(17)6-9/h1-6,8H,7H2,(H,18,19). The SMILES string of the molecule is O=C(Cc1cccc(F)c1)Nc1ccc(Br)cc1Cl. The van der Waals surface area contributed by atoms with Crippen LogP contribution in [0.15, 0.2) is 46.9 Å². The van der Waals surface area contributed by atoms with Gasteiger partial charge >= 0.3 is 0 Å². The smallest absolute Gasteiger partial charge is 0.228 e. The fraction of sp³-hybridized carbons (Fsp3) is 0.0714. The summed E-state index contributed by atoms with van der Waals surface area (Å²) >= 11 is 9.28. The molecule has 0 aromatic heterocycles. The van der Waals surface area contributed by atoms with E-state index in [1.165, 1.54) is 12.1 Å². The molecule has 2 aromatic rings. The van der Waals surface area contributed by atoms with Gasteiger partial charge in [-0.05, 0) is 35.9 Å². The fourth-order valence-electron chi connectivity index (χ4n) is 1.62. The molecule has 0 aliphatic heterocycles. The summed E-state index contributed by atoms with van der Waals surface area (Å²) in [6.45, 7) is 0. The Labute approximate surface area is 123 Å². The minimum atomic E-state index is -0.355. The van der Waals surface area contributed by atoms with E-state index in [2.05, 4.69) is 21.2 Å². The third-order valence-corrected chi connectivity index (χ3v) is 3.26. The van der Waals surface area contributed by atoms with Crippen molar-refractivity contribution >= 4 is 39.1 Å². The Balaban J connectivity index is 2.05. The summed E-state index contributed by atoms with van der Waals surface area (Å²) in [7, 11) is 0. The second kappa shape index (κ2) is 6.17. The number of nitrogens with one attached hydrogen (secondary N) is 1. The van der Waals surface area contributed by atoms with Gasteiger partial charge in [0.2, 0.25) is 5.91 Å². The lowest BCUT2D eigenvalue weighted by atomic mass is 10.1. The molecule has 0 atom stereocenters. The summed E-state index contributed by atoms with van der Waals surface area (Å²) in [5.74, 6) is -0.596. The van der Waals surface area contributed by atoms with E-state index in [1.54, 1.807) is 30.3 Å². The first-order valence-electron chi connectivity index (χ1n) is 5.54. The van der Waals surface area contributed by atoms with Crippen LogP contribution in [0.3, 0.4) is 0 Å². The number of rotatable bonds is 3. The molecule has 0 radical (unpaired) electrons. The van der Waals surface area contributed by atoms with Crippen molar-refractivity contribution in [3.05, 3.63) is 63.3 Å². The minimum absolute atomic E-state index is 0.101. The summed E-state index contributed by atoms with van der Waals surface area (Å²) in [4.78, 5) is 11.8. The molecule has 0 spiro atoms. The summed E-state index contributed by atoms with van der Waals surface area (Å²) in [5.41, 5.74) is 1.15. The van der Waals surface area contributed by atoms with Crippen LogP contribution in [0.5, 0.6) is 0 Å². The van der Waals surface area contributed by atoms with Gasteiger partial charge in [0.25, 0.3) is 0 Å². The molecule has 0 heterocycles. The average molecular weight is 343 g/mol. The van der Waals surface area contributed by atoms with Crippen molar-refractivity contribution in [2.75, 3.05) is 5.32 Å². The molecular weight excluding hydrogens is 333 g/mol. The molecular formula is C14H10BrClFNO. The Hall–Kier alpha value is -1.39. The highest BCUT2D eigenvalue weighted by molar-refractivity contribution is 9.10. The lowest BCUT2D eigenvalue weighted by Gasteiger charge is -2.07. The number of anilines is 1. The van der Waals surface area contributed by atoms with Gasteiger partial charge < -0.3 is 5.32 Å². The van der Waals surface area contributed by atoms with Gasteiger partial charge in [-0.2, -0.15) is 0 Å². The van der Waals surface area contributed by atoms with Crippen molar-refractivity contribution in [2.24, 2.45) is 0 Å². The highest BCUT2D eigenvalue weighted by Crippen LogP contribution is 2.25. The molecule has 0 fully saturated rings. The van der Waals surface area contributed by atoms with Gasteiger partial charge in [0.05, 0.1) is 17.1 Å². The van der Waals surface area contributed by atoms with E-state index in [9.17, 15) is 9.18 Å². The minimum Gasteiger partial charge on any atom is -0.324 e. The molecule has 1 N–H and O–H groups in total. The molecule has 0 saturated carbocycles. The second-order valence-electron chi connectivity index (χ2n) is 3.98. The topological polar surface area (TPSA) is 29.1 Å². The molecule has 0 unspecified atom stereocenters. The van der Waals surface area contributed by atoms with Crippen LogP contribution < -0.4 is 5.32 Å². The Morgan fingerprint density at radius 2 is 2.05 bits per heavy atom. The third-order valence-electron chi connectivity index (χ3n) is 2.46. The first-order chi connectivity index (χ1) is 9.04. The Morgan fingerprint density at radius 3 is 2.74 bits per heavy atom. The lowest BCUT2D eigenvalue weighted by Crippen LogP contribution is -2.14. The van der Waals surface area contributed by atoms with Crippen LogP contribution in [0.25, 0.3) is 0 Å². The number of halogens is 3. The number of carbonyl (C=O) groups excluding carboxylic acids is 1. The molecule has 5 heteroatoms. The highest BCUT2D eigenvalue weighted by atomic mass is 79.9. The van der Waals surface area contributed by atoms with Crippen molar-refractivity contribution in [3.8, 4) is 0 Å². The Bertz CT molecular complexity index is 618. The van der Waals surface area contributed by atoms with Gasteiger partial charge in [0.15, 0.2) is 0 Å². The van der Waals surface area contributed by atoms with E-state index in [0.29, 0.717) is 16.3 Å². The Morgan fingerprint density at radius 1 is 1.26 bits per heavy atom. The molecule has 2 nitrogen and oxygen atoms in total. The van der Waals surface area contributed by atoms with E-state index in [-0.39, 0.29) is 18.1 Å². The number of carbonyl (C=O) groups is 1. The highest BCUT2D eigenvalue weighted by Gasteiger charge is 2.07. The van der Waals surface area contributed by atoms with Crippen molar-refractivity contribution in [1.82, 2.24) is 0 Å². The number of amides is 1. The molecule has 0 saturated heterocycles. The van der Waals surface area contributed by atoms with E-state index >= 15 is 0 Å². The fourth-order valence-corrected chi connectivity index (χ4v) is 2.34. The molecule has 0 aliphatic rings. The summed E-state index contributed by atoms with van der Waals surface area (Å²) in [6, 6.07) is 11.1. The van der Waals surface area contributed by atoms with Crippen LogP contribution in [-0.4, -0.2) is 5.91 Å². The van der Waals surface area contributed by atoms with Crippen LogP contribution in [0.4, 0.5) is 10.1 Å². The zero-order valence-corrected chi connectivity index (χ0v) is 12.1. The van der Waals surface area contributed by atoms with Crippen molar-refractivity contribution in [3.63, 3.8) is 0 Å². The summed E-state index contributed by atoms with van der Waals surface area (Å²) in [5, 5.41) is 3.14. The van der Waals surface area contributed by atoms with E-state index in [0.717, 1.165) is 4.47 Å². The number of benzene rings is 2. The van der Waals surface area contributed by atoms with Crippen molar-refractivity contribution in [1.29, 1.82) is 0 Å². The van der Waals surface area contributed by atoms with Gasteiger partial charge in [-0.15, -0.1) is 0 Å². The van der Waals surface area contributed by atoms with Gasteiger partial charge in [-0.3, -0.25) is 4.79 Å². The molecule has 0 aliphatic carbocycles. The van der Waals surface area contributed by atoms with Gasteiger partial charge in [0.1, 0.15) is 5.82 Å². The van der Waals surface area contributed by atoms with Crippen LogP contribution in [-0.2, 0) is 11.2 Å². The average Bonchev–Trinajstić information content (AvgIpc) is 2.33. The maximum absolute atomic E-state index is 13.0. The molecule has 19 heavy (non-hydrogen) atoms. The van der Waals surface area contributed by atoms with Crippen LogP contribution in [0.1, 0.15) is 5.56 Å². The molecule has 1 amide bonds. The van der Waals surface area contributed by atoms with E-state index in [4.69, 9.17) is 11.6 Å². The van der Waals surface area contributed by atoms with Crippen LogP contribution in [0, 0.1) is 5.82 Å². The number of hydrogen-bond donors (Lipinski definition) is 1. The molecule has 2 rings (SSSR count). The Kier molecular flexibility index (Phi) is 4.56. The quantitative estimate of drug-likeness (QED) is 0.879. The first-order valence-corrected chi connectivity index (χ1v) is 6.71. The van der Waals surface area contributed by atoms with Crippen molar-refractivity contribution in [2.45, 2.75) is 6.42 Å². The lowest BCUT2D eigenvalue weighted by molar-refractivity contribution is -0.115. The first kappa shape index (κ1) is 14.0. The predicted octanol–water partition coefficient (Wildman–Crippen LogP) is 4.42. The zero-order chi connectivity index (χ0) is 13.8. The summed E-state index contributed by atoms with van der Waals surface area (Å²) in [6.07, 6.45) is 0.101. The zero-order valence-electron chi connectivity index (χ0n) is 9.79. The van der Waals surface area contributed by atoms with E-state index in [1.807, 2.05) is 0 Å². The number of hydrogen-bond acceptors (Lipinski definition) is 1. The molecule has 98 valence electrons. The largest absolute Gasteiger partial charge is 0.324 e. The molecule has 0 bridgehead atoms. The monoisotopic (exact) mass is 341 g/mol. The predicted molar refractivity (Wildman–Crippen MR) is 77.9 cm³/mol. The normalized spacial score (nSPS) is 10.3. The summed E-state index contributed by atoms with van der Waals surface area (Å²) < 4.78 is 13.8. The van der Waals surface area contributed by atoms with Crippen molar-refractivity contribution < 1.29 is 9.18 Å². The van der Waals surface area contributed by atoms with Crippen LogP contribution >= 0.6 is 27.5 Å². The van der Waals surface area contributed by atoms with E-state index < -0.39 is 0 Å². The second-order valence-corrected chi connectivity index (χ2v) is 5.30. The van der Waals surface area contributed by atoms with Gasteiger partial charge in [-0.25, -0.2) is 4.39 Å². The van der Waals surface area contributed by atoms with Gasteiger partial charge in [-0.1, -0.05) is 39.7 Å². The van der Waals surface area contributed by atoms with Gasteiger partial charge in [0, 0.05) is 4.47 Å². The van der Waals surface area contributed by atoms with Crippen LogP contribution in [0.2, 0.25) is 5.02 Å². The third kappa shape index (κ3) is 4.04. The maximum atomic E-state index is 13.0. The molecule has 2 aromatic carbocycles. The maximum Gasteiger partial charge on any atom is 0.228 e.